The summed E-state index contributed by atoms with van der Waals surface area (Å²) in [5, 5.41) is 15.7. The predicted molar refractivity (Wildman–Crippen MR) is 138 cm³/mol. The lowest BCUT2D eigenvalue weighted by Gasteiger charge is -2.11. The fourth-order valence-electron chi connectivity index (χ4n) is 2.97. The molecule has 0 aliphatic heterocycles. The molecule has 3 aromatic carbocycles. The van der Waals surface area contributed by atoms with Crippen LogP contribution >= 0.6 is 22.9 Å². The highest BCUT2D eigenvalue weighted by molar-refractivity contribution is 7.18. The predicted octanol–water partition coefficient (Wildman–Crippen LogP) is 4.53. The Morgan fingerprint density at radius 1 is 1.00 bits per heavy atom. The van der Waals surface area contributed by atoms with Crippen LogP contribution in [0.25, 0.3) is 10.6 Å². The van der Waals surface area contributed by atoms with Gasteiger partial charge in [0.15, 0.2) is 11.5 Å². The maximum absolute atomic E-state index is 12.2. The van der Waals surface area contributed by atoms with E-state index >= 15 is 0 Å². The van der Waals surface area contributed by atoms with Gasteiger partial charge in [0, 0.05) is 10.6 Å². The minimum Gasteiger partial charge on any atom is -0.493 e. The number of benzene rings is 3. The summed E-state index contributed by atoms with van der Waals surface area (Å²) in [5.41, 5.74) is 4.63. The third kappa shape index (κ3) is 6.65. The Kier molecular flexibility index (Phi) is 8.22. The maximum Gasteiger partial charge on any atom is 0.329 e. The zero-order chi connectivity index (χ0) is 25.3. The summed E-state index contributed by atoms with van der Waals surface area (Å²) in [6.07, 6.45) is 1.38. The quantitative estimate of drug-likeness (QED) is 0.200. The number of hydrogen-bond acceptors (Lipinski definition) is 8. The van der Waals surface area contributed by atoms with Crippen molar-refractivity contribution in [2.45, 2.75) is 6.61 Å². The molecule has 4 aromatic rings. The number of carbonyl (C=O) groups is 2. The Hall–Kier alpha value is -4.28. The van der Waals surface area contributed by atoms with Crippen molar-refractivity contribution >= 4 is 46.1 Å². The molecule has 9 nitrogen and oxygen atoms in total. The molecular weight excluding hydrogens is 502 g/mol. The summed E-state index contributed by atoms with van der Waals surface area (Å²) in [7, 11) is 1.52. The van der Waals surface area contributed by atoms with E-state index in [0.717, 1.165) is 22.5 Å². The van der Waals surface area contributed by atoms with Crippen LogP contribution < -0.4 is 20.2 Å². The number of hydrogen-bond donors (Lipinski definition) is 2. The summed E-state index contributed by atoms with van der Waals surface area (Å²) in [4.78, 5) is 24.3. The van der Waals surface area contributed by atoms with Crippen LogP contribution in [-0.2, 0) is 16.2 Å². The second kappa shape index (κ2) is 11.9. The molecule has 0 unspecified atom stereocenters. The highest BCUT2D eigenvalue weighted by Crippen LogP contribution is 2.29. The first kappa shape index (κ1) is 24.8. The maximum atomic E-state index is 12.2. The second-order valence-corrected chi connectivity index (χ2v) is 8.67. The Bertz CT molecular complexity index is 1380. The Morgan fingerprint density at radius 2 is 1.78 bits per heavy atom. The topological polar surface area (TPSA) is 115 Å². The van der Waals surface area contributed by atoms with Crippen LogP contribution in [0.15, 0.2) is 77.9 Å². The van der Waals surface area contributed by atoms with Crippen LogP contribution in [0, 0.1) is 0 Å². The first-order chi connectivity index (χ1) is 17.5. The fourth-order valence-corrected chi connectivity index (χ4v) is 3.84. The van der Waals surface area contributed by atoms with Crippen LogP contribution in [0.4, 0.5) is 5.13 Å². The molecule has 0 aliphatic carbocycles. The lowest BCUT2D eigenvalue weighted by atomic mass is 10.2. The molecular formula is C25H20ClN5O4S. The van der Waals surface area contributed by atoms with Crippen molar-refractivity contribution in [1.82, 2.24) is 15.6 Å². The molecule has 0 saturated carbocycles. The highest BCUT2D eigenvalue weighted by Gasteiger charge is 2.16. The normalized spacial score (nSPS) is 10.7. The van der Waals surface area contributed by atoms with E-state index in [0.29, 0.717) is 33.7 Å². The van der Waals surface area contributed by atoms with Gasteiger partial charge in [0.25, 0.3) is 0 Å². The van der Waals surface area contributed by atoms with Crippen molar-refractivity contribution in [1.29, 1.82) is 0 Å². The van der Waals surface area contributed by atoms with Crippen LogP contribution in [-0.4, -0.2) is 35.3 Å². The van der Waals surface area contributed by atoms with Gasteiger partial charge in [-0.3, -0.25) is 14.9 Å². The number of methoxy groups -OCH3 is 1. The number of halogens is 1. The van der Waals surface area contributed by atoms with Gasteiger partial charge in [-0.15, -0.1) is 10.2 Å². The highest BCUT2D eigenvalue weighted by atomic mass is 35.5. The van der Waals surface area contributed by atoms with E-state index in [1.807, 2.05) is 42.5 Å². The van der Waals surface area contributed by atoms with E-state index in [-0.39, 0.29) is 5.13 Å². The van der Waals surface area contributed by atoms with Crippen LogP contribution in [0.5, 0.6) is 11.5 Å². The second-order valence-electron chi connectivity index (χ2n) is 7.26. The monoisotopic (exact) mass is 521 g/mol. The minimum absolute atomic E-state index is 0.205. The molecule has 4 rings (SSSR count). The molecule has 36 heavy (non-hydrogen) atoms. The summed E-state index contributed by atoms with van der Waals surface area (Å²) in [5.74, 6) is -0.827. The largest absolute Gasteiger partial charge is 0.493 e. The number of hydrazone groups is 1. The molecule has 0 spiro atoms. The van der Waals surface area contributed by atoms with E-state index in [9.17, 15) is 9.59 Å². The lowest BCUT2D eigenvalue weighted by molar-refractivity contribution is -0.136. The molecule has 1 heterocycles. The molecule has 0 bridgehead atoms. The number of aromatic nitrogens is 2. The van der Waals surface area contributed by atoms with Crippen molar-refractivity contribution in [2.75, 3.05) is 12.4 Å². The zero-order valence-corrected chi connectivity index (χ0v) is 20.5. The van der Waals surface area contributed by atoms with E-state index in [1.54, 1.807) is 30.3 Å². The Morgan fingerprint density at radius 3 is 2.53 bits per heavy atom. The number of carbonyl (C=O) groups excluding carboxylic acids is 2. The van der Waals surface area contributed by atoms with Gasteiger partial charge in [-0.25, -0.2) is 5.43 Å². The van der Waals surface area contributed by atoms with E-state index in [2.05, 4.69) is 26.0 Å². The molecule has 0 radical (unpaired) electrons. The molecule has 2 N–H and O–H groups in total. The molecule has 1 aromatic heterocycles. The van der Waals surface area contributed by atoms with Crippen LogP contribution in [0.1, 0.15) is 11.1 Å². The van der Waals surface area contributed by atoms with Gasteiger partial charge in [0.1, 0.15) is 11.6 Å². The molecule has 0 atom stereocenters. The SMILES string of the molecule is COc1cc(C=NNC(=O)C(=O)Nc2nnc(-c3ccccc3)s2)ccc1OCc1ccc(Cl)cc1. The molecule has 0 aliphatic rings. The van der Waals surface area contributed by atoms with Crippen molar-refractivity contribution < 1.29 is 19.1 Å². The summed E-state index contributed by atoms with van der Waals surface area (Å²) < 4.78 is 11.2. The van der Waals surface area contributed by atoms with Crippen molar-refractivity contribution in [2.24, 2.45) is 5.10 Å². The molecule has 11 heteroatoms. The van der Waals surface area contributed by atoms with Crippen LogP contribution in [0.3, 0.4) is 0 Å². The average molecular weight is 522 g/mol. The zero-order valence-electron chi connectivity index (χ0n) is 19.0. The minimum atomic E-state index is -0.947. The fraction of sp³-hybridized carbons (Fsp3) is 0.0800. The van der Waals surface area contributed by atoms with Crippen LogP contribution in [0.2, 0.25) is 5.02 Å². The number of anilines is 1. The molecule has 0 saturated heterocycles. The third-order valence-corrected chi connectivity index (χ3v) is 5.89. The molecule has 0 fully saturated rings. The third-order valence-electron chi connectivity index (χ3n) is 4.75. The van der Waals surface area contributed by atoms with Gasteiger partial charge in [-0.2, -0.15) is 5.10 Å². The molecule has 182 valence electrons. The molecule has 2 amide bonds. The van der Waals surface area contributed by atoms with E-state index in [1.165, 1.54) is 13.3 Å². The van der Waals surface area contributed by atoms with Gasteiger partial charge in [-0.1, -0.05) is 65.4 Å². The first-order valence-electron chi connectivity index (χ1n) is 10.6. The van der Waals surface area contributed by atoms with Crippen molar-refractivity contribution in [3.63, 3.8) is 0 Å². The van der Waals surface area contributed by atoms with Gasteiger partial charge >= 0.3 is 11.8 Å². The van der Waals surface area contributed by atoms with Gasteiger partial charge in [0.2, 0.25) is 5.13 Å². The van der Waals surface area contributed by atoms with E-state index in [4.69, 9.17) is 21.1 Å². The number of rotatable bonds is 8. The van der Waals surface area contributed by atoms with Gasteiger partial charge in [-0.05, 0) is 41.5 Å². The Labute approximate surface area is 215 Å². The smallest absolute Gasteiger partial charge is 0.329 e. The standard InChI is InChI=1S/C25H20ClN5O4S/c1-34-21-13-17(9-12-20(21)35-15-16-7-10-19(26)11-8-16)14-27-29-23(33)22(32)28-25-31-30-24(36-25)18-5-3-2-4-6-18/h2-14H,15H2,1H3,(H,29,33)(H,28,31,32). The summed E-state index contributed by atoms with van der Waals surface area (Å²) in [6.45, 7) is 0.341. The van der Waals surface area contributed by atoms with Gasteiger partial charge < -0.3 is 9.47 Å². The summed E-state index contributed by atoms with van der Waals surface area (Å²) >= 11 is 7.06. The number of amides is 2. The average Bonchev–Trinajstić information content (AvgIpc) is 3.37. The number of nitrogens with zero attached hydrogens (tertiary/aromatic N) is 3. The summed E-state index contributed by atoms with van der Waals surface area (Å²) in [6, 6.07) is 21.9. The number of nitrogens with one attached hydrogen (secondary N) is 2. The van der Waals surface area contributed by atoms with Crippen molar-refractivity contribution in [3.8, 4) is 22.1 Å². The lowest BCUT2D eigenvalue weighted by Crippen LogP contribution is -2.32. The van der Waals surface area contributed by atoms with Gasteiger partial charge in [0.05, 0.1) is 13.3 Å². The number of ether oxygens (including phenoxy) is 2. The first-order valence-corrected chi connectivity index (χ1v) is 11.8. The van der Waals surface area contributed by atoms with E-state index < -0.39 is 11.8 Å². The van der Waals surface area contributed by atoms with Crippen molar-refractivity contribution in [3.05, 3.63) is 88.9 Å². The Balaban J connectivity index is 1.30.